The van der Waals surface area contributed by atoms with Crippen LogP contribution >= 0.6 is 0 Å². The van der Waals surface area contributed by atoms with Crippen molar-refractivity contribution in [2.45, 2.75) is 26.0 Å². The van der Waals surface area contributed by atoms with Gasteiger partial charge in [-0.3, -0.25) is 0 Å². The molecule has 14 heavy (non-hydrogen) atoms. The molecule has 0 aliphatic carbocycles. The van der Waals surface area contributed by atoms with Gasteiger partial charge in [0.15, 0.2) is 11.4 Å². The van der Waals surface area contributed by atoms with Crippen molar-refractivity contribution in [3.8, 4) is 12.1 Å². The molecule has 0 aromatic carbocycles. The summed E-state index contributed by atoms with van der Waals surface area (Å²) >= 11 is 0. The quantitative estimate of drug-likeness (QED) is 0.747. The minimum Gasteiger partial charge on any atom is -0.393 e. The first kappa shape index (κ1) is 10.2. The summed E-state index contributed by atoms with van der Waals surface area (Å²) in [7, 11) is 0. The van der Waals surface area contributed by atoms with Crippen molar-refractivity contribution in [3.63, 3.8) is 0 Å². The largest absolute Gasteiger partial charge is 0.393 e. The van der Waals surface area contributed by atoms with Crippen molar-refractivity contribution in [1.82, 2.24) is 9.55 Å². The fraction of sp³-hybridized carbons (Fsp3) is 0.444. The molecular formula is C9H10N4O. The maximum atomic E-state index is 9.06. The Hall–Kier alpha value is -1.85. The van der Waals surface area contributed by atoms with Crippen molar-refractivity contribution >= 4 is 0 Å². The number of hydrogen-bond donors (Lipinski definition) is 1. The van der Waals surface area contributed by atoms with Crippen LogP contribution in [0.5, 0.6) is 0 Å². The van der Waals surface area contributed by atoms with Crippen LogP contribution in [0.15, 0.2) is 6.33 Å². The van der Waals surface area contributed by atoms with E-state index in [0.29, 0.717) is 13.0 Å². The molecule has 0 radical (unpaired) electrons. The summed E-state index contributed by atoms with van der Waals surface area (Å²) in [6.07, 6.45) is 1.56. The van der Waals surface area contributed by atoms with Gasteiger partial charge in [-0.1, -0.05) is 0 Å². The fourth-order valence-electron chi connectivity index (χ4n) is 1.08. The lowest BCUT2D eigenvalue weighted by Crippen LogP contribution is -2.07. The summed E-state index contributed by atoms with van der Waals surface area (Å²) < 4.78 is 1.57. The third-order valence-electron chi connectivity index (χ3n) is 1.84. The summed E-state index contributed by atoms with van der Waals surface area (Å²) in [5, 5.41) is 26.4. The Balaban J connectivity index is 2.84. The van der Waals surface area contributed by atoms with Gasteiger partial charge in [0, 0.05) is 6.54 Å². The minimum absolute atomic E-state index is 0.137. The van der Waals surface area contributed by atoms with E-state index in [4.69, 9.17) is 15.6 Å². The number of rotatable bonds is 3. The molecular weight excluding hydrogens is 180 g/mol. The van der Waals surface area contributed by atoms with Crippen LogP contribution < -0.4 is 0 Å². The van der Waals surface area contributed by atoms with Gasteiger partial charge in [-0.05, 0) is 13.3 Å². The number of aliphatic hydroxyl groups is 1. The van der Waals surface area contributed by atoms with Crippen LogP contribution in [-0.4, -0.2) is 20.8 Å². The van der Waals surface area contributed by atoms with Gasteiger partial charge in [0.2, 0.25) is 0 Å². The van der Waals surface area contributed by atoms with Gasteiger partial charge >= 0.3 is 0 Å². The molecule has 1 aromatic heterocycles. The van der Waals surface area contributed by atoms with Crippen molar-refractivity contribution in [2.75, 3.05) is 0 Å². The average Bonchev–Trinajstić information content (AvgIpc) is 2.56. The highest BCUT2D eigenvalue weighted by atomic mass is 16.3. The van der Waals surface area contributed by atoms with Crippen LogP contribution in [0.4, 0.5) is 0 Å². The molecule has 0 amide bonds. The Morgan fingerprint density at radius 3 is 2.79 bits per heavy atom. The smallest absolute Gasteiger partial charge is 0.176 e. The van der Waals surface area contributed by atoms with Gasteiger partial charge in [-0.2, -0.15) is 10.5 Å². The molecule has 1 aromatic rings. The third-order valence-corrected chi connectivity index (χ3v) is 1.84. The predicted molar refractivity (Wildman–Crippen MR) is 48.0 cm³/mol. The molecule has 1 rings (SSSR count). The molecule has 5 nitrogen and oxygen atoms in total. The SMILES string of the molecule is CC(O)CCn1cnc(C#N)c1C#N. The first-order valence-corrected chi connectivity index (χ1v) is 4.22. The number of imidazole rings is 1. The molecule has 0 saturated heterocycles. The first-order valence-electron chi connectivity index (χ1n) is 4.22. The maximum Gasteiger partial charge on any atom is 0.176 e. The molecule has 0 spiro atoms. The van der Waals surface area contributed by atoms with Crippen molar-refractivity contribution < 1.29 is 5.11 Å². The highest BCUT2D eigenvalue weighted by Gasteiger charge is 2.09. The second-order valence-electron chi connectivity index (χ2n) is 3.00. The van der Waals surface area contributed by atoms with E-state index in [0.717, 1.165) is 0 Å². The first-order chi connectivity index (χ1) is 6.69. The zero-order valence-electron chi connectivity index (χ0n) is 7.80. The van der Waals surface area contributed by atoms with E-state index in [1.54, 1.807) is 11.5 Å². The lowest BCUT2D eigenvalue weighted by molar-refractivity contribution is 0.178. The minimum atomic E-state index is -0.422. The van der Waals surface area contributed by atoms with E-state index in [9.17, 15) is 0 Å². The summed E-state index contributed by atoms with van der Waals surface area (Å²) in [6.45, 7) is 2.17. The standard InChI is InChI=1S/C9H10N4O/c1-7(14)2-3-13-6-12-8(4-10)9(13)5-11/h6-7,14H,2-3H2,1H3. The Bertz CT molecular complexity index is 394. The number of aliphatic hydroxyl groups excluding tert-OH is 1. The summed E-state index contributed by atoms with van der Waals surface area (Å²) in [5.41, 5.74) is 0.395. The maximum absolute atomic E-state index is 9.06. The molecule has 5 heteroatoms. The van der Waals surface area contributed by atoms with E-state index in [1.807, 2.05) is 12.1 Å². The second kappa shape index (κ2) is 4.40. The lowest BCUT2D eigenvalue weighted by atomic mass is 10.3. The van der Waals surface area contributed by atoms with Gasteiger partial charge in [0.1, 0.15) is 12.1 Å². The van der Waals surface area contributed by atoms with Crippen LogP contribution in [0.1, 0.15) is 24.7 Å². The van der Waals surface area contributed by atoms with Gasteiger partial charge in [0.25, 0.3) is 0 Å². The molecule has 0 bridgehead atoms. The normalized spacial score (nSPS) is 11.7. The lowest BCUT2D eigenvalue weighted by Gasteiger charge is -2.05. The number of nitrogens with zero attached hydrogens (tertiary/aromatic N) is 4. The molecule has 0 aliphatic rings. The summed E-state index contributed by atoms with van der Waals surface area (Å²) in [5.74, 6) is 0. The Kier molecular flexibility index (Phi) is 3.22. The third kappa shape index (κ3) is 2.09. The van der Waals surface area contributed by atoms with Gasteiger partial charge in [-0.25, -0.2) is 4.98 Å². The second-order valence-corrected chi connectivity index (χ2v) is 3.00. The van der Waals surface area contributed by atoms with Crippen LogP contribution in [0.25, 0.3) is 0 Å². The monoisotopic (exact) mass is 190 g/mol. The Morgan fingerprint density at radius 2 is 2.29 bits per heavy atom. The number of hydrogen-bond acceptors (Lipinski definition) is 4. The average molecular weight is 190 g/mol. The van der Waals surface area contributed by atoms with Crippen molar-refractivity contribution in [1.29, 1.82) is 10.5 Å². The van der Waals surface area contributed by atoms with E-state index in [-0.39, 0.29) is 11.4 Å². The highest BCUT2D eigenvalue weighted by molar-refractivity contribution is 5.35. The molecule has 1 N–H and O–H groups in total. The van der Waals surface area contributed by atoms with Crippen LogP contribution in [-0.2, 0) is 6.54 Å². The fourth-order valence-corrected chi connectivity index (χ4v) is 1.08. The zero-order chi connectivity index (χ0) is 10.6. The highest BCUT2D eigenvalue weighted by Crippen LogP contribution is 2.06. The Labute approximate surface area is 81.8 Å². The van der Waals surface area contributed by atoms with Crippen LogP contribution in [0.2, 0.25) is 0 Å². The van der Waals surface area contributed by atoms with E-state index in [2.05, 4.69) is 4.98 Å². The van der Waals surface area contributed by atoms with E-state index in [1.165, 1.54) is 6.33 Å². The molecule has 1 unspecified atom stereocenters. The number of aryl methyl sites for hydroxylation is 1. The number of aromatic nitrogens is 2. The topological polar surface area (TPSA) is 85.6 Å². The molecule has 72 valence electrons. The molecule has 1 atom stereocenters. The molecule has 1 heterocycles. The van der Waals surface area contributed by atoms with Crippen molar-refractivity contribution in [3.05, 3.63) is 17.7 Å². The predicted octanol–water partition coefficient (Wildman–Crippen LogP) is 0.397. The molecule has 0 fully saturated rings. The van der Waals surface area contributed by atoms with E-state index >= 15 is 0 Å². The number of nitriles is 2. The molecule has 0 aliphatic heterocycles. The zero-order valence-corrected chi connectivity index (χ0v) is 7.80. The van der Waals surface area contributed by atoms with Crippen LogP contribution in [0.3, 0.4) is 0 Å². The molecule has 0 saturated carbocycles. The van der Waals surface area contributed by atoms with Crippen LogP contribution in [0, 0.1) is 22.7 Å². The van der Waals surface area contributed by atoms with E-state index < -0.39 is 6.10 Å². The van der Waals surface area contributed by atoms with Gasteiger partial charge in [-0.15, -0.1) is 0 Å². The Morgan fingerprint density at radius 1 is 1.57 bits per heavy atom. The summed E-state index contributed by atoms with van der Waals surface area (Å²) in [6, 6.07) is 3.75. The van der Waals surface area contributed by atoms with Gasteiger partial charge < -0.3 is 9.67 Å². The summed E-state index contributed by atoms with van der Waals surface area (Å²) in [4.78, 5) is 3.78. The van der Waals surface area contributed by atoms with Crippen molar-refractivity contribution in [2.24, 2.45) is 0 Å². The van der Waals surface area contributed by atoms with Gasteiger partial charge in [0.05, 0.1) is 12.4 Å².